The molecule has 1 aromatic heterocycles. The molecule has 1 aliphatic heterocycles. The van der Waals surface area contributed by atoms with Crippen molar-refractivity contribution in [1.29, 1.82) is 0 Å². The largest absolute Gasteiger partial charge is 0.481 e. The first kappa shape index (κ1) is 22.8. The van der Waals surface area contributed by atoms with Gasteiger partial charge in [-0.3, -0.25) is 9.59 Å². The lowest BCUT2D eigenvalue weighted by Crippen LogP contribution is -2.41. The van der Waals surface area contributed by atoms with Crippen molar-refractivity contribution in [1.82, 2.24) is 15.3 Å². The Bertz CT molecular complexity index is 1010. The van der Waals surface area contributed by atoms with Gasteiger partial charge in [-0.05, 0) is 43.4 Å². The van der Waals surface area contributed by atoms with Crippen LogP contribution in [0.25, 0.3) is 0 Å². The minimum atomic E-state index is -1.27. The van der Waals surface area contributed by atoms with Gasteiger partial charge in [0.1, 0.15) is 17.7 Å². The third-order valence-corrected chi connectivity index (χ3v) is 5.40. The molecule has 0 spiro atoms. The minimum absolute atomic E-state index is 0.148. The summed E-state index contributed by atoms with van der Waals surface area (Å²) in [5.74, 6) is -1.50. The lowest BCUT2D eigenvalue weighted by atomic mass is 9.95. The Balaban J connectivity index is 1.52. The smallest absolute Gasteiger partial charge is 0.326 e. The van der Waals surface area contributed by atoms with Crippen molar-refractivity contribution in [2.75, 3.05) is 23.3 Å². The fourth-order valence-corrected chi connectivity index (χ4v) is 3.75. The van der Waals surface area contributed by atoms with E-state index in [1.165, 1.54) is 0 Å². The Morgan fingerprint density at radius 3 is 2.53 bits per heavy atom. The predicted octanol–water partition coefficient (Wildman–Crippen LogP) is 1.22. The molecule has 11 nitrogen and oxygen atoms in total. The van der Waals surface area contributed by atoms with Crippen LogP contribution in [-0.4, -0.2) is 50.6 Å². The number of nitrogen functional groups attached to an aromatic ring is 2. The van der Waals surface area contributed by atoms with Gasteiger partial charge in [-0.15, -0.1) is 0 Å². The van der Waals surface area contributed by atoms with Crippen LogP contribution in [0.4, 0.5) is 17.6 Å². The summed E-state index contributed by atoms with van der Waals surface area (Å²) in [5, 5.41) is 23.5. The second-order valence-electron chi connectivity index (χ2n) is 7.69. The normalized spacial score (nSPS) is 15.4. The fourth-order valence-electron chi connectivity index (χ4n) is 3.75. The highest BCUT2D eigenvalue weighted by Gasteiger charge is 2.27. The standard InChI is InChI=1S/C21H26N6O5/c22-17-16-13(10-24-18(16)27-21(23)26-17)3-1-2-11-4-6-12(7-5-11)19(30)25-14(20(31)32)8-9-15(28)29/h4-7,13-14H,1-3,8-10H2,(H,25,30)(H,28,29)(H,31,32)(H5,22,23,24,26,27)/t13?,14-/m1/s1. The summed E-state index contributed by atoms with van der Waals surface area (Å²) in [6.45, 7) is 0.726. The second kappa shape index (κ2) is 9.94. The third kappa shape index (κ3) is 5.62. The first-order valence-corrected chi connectivity index (χ1v) is 10.3. The van der Waals surface area contributed by atoms with E-state index >= 15 is 0 Å². The number of hydrogen-bond acceptors (Lipinski definition) is 8. The lowest BCUT2D eigenvalue weighted by Gasteiger charge is -2.14. The molecule has 0 fully saturated rings. The van der Waals surface area contributed by atoms with Gasteiger partial charge >= 0.3 is 11.9 Å². The van der Waals surface area contributed by atoms with Crippen molar-refractivity contribution in [3.63, 3.8) is 0 Å². The monoisotopic (exact) mass is 442 g/mol. The Labute approximate surface area is 184 Å². The number of benzene rings is 1. The SMILES string of the molecule is Nc1nc(N)c2c(n1)NCC2CCCc1ccc(C(=O)N[C@H](CCC(=O)O)C(=O)O)cc1. The molecule has 1 amide bonds. The number of carboxylic acid groups (broad SMARTS) is 2. The van der Waals surface area contributed by atoms with Gasteiger partial charge < -0.3 is 32.3 Å². The summed E-state index contributed by atoms with van der Waals surface area (Å²) in [7, 11) is 0. The molecule has 2 aromatic rings. The number of carbonyl (C=O) groups is 3. The Morgan fingerprint density at radius 2 is 1.88 bits per heavy atom. The molecule has 2 atom stereocenters. The Kier molecular flexibility index (Phi) is 7.08. The molecule has 1 aromatic carbocycles. The van der Waals surface area contributed by atoms with Crippen molar-refractivity contribution >= 4 is 35.4 Å². The molecular formula is C21H26N6O5. The molecule has 0 aliphatic carbocycles. The third-order valence-electron chi connectivity index (χ3n) is 5.40. The minimum Gasteiger partial charge on any atom is -0.481 e. The van der Waals surface area contributed by atoms with Crippen LogP contribution in [0.1, 0.15) is 53.1 Å². The molecule has 0 saturated carbocycles. The number of fused-ring (bicyclic) bond motifs is 1. The predicted molar refractivity (Wildman–Crippen MR) is 117 cm³/mol. The van der Waals surface area contributed by atoms with E-state index in [0.29, 0.717) is 17.2 Å². The van der Waals surface area contributed by atoms with Crippen LogP contribution in [0.2, 0.25) is 0 Å². The number of carbonyl (C=O) groups excluding carboxylic acids is 1. The number of amides is 1. The van der Waals surface area contributed by atoms with E-state index in [4.69, 9.17) is 16.6 Å². The van der Waals surface area contributed by atoms with Gasteiger partial charge in [-0.1, -0.05) is 12.1 Å². The number of anilines is 3. The Hall–Kier alpha value is -3.89. The second-order valence-corrected chi connectivity index (χ2v) is 7.69. The number of aliphatic carboxylic acids is 2. The molecule has 8 N–H and O–H groups in total. The maximum atomic E-state index is 12.3. The highest BCUT2D eigenvalue weighted by Crippen LogP contribution is 2.36. The number of nitrogens with one attached hydrogen (secondary N) is 2. The summed E-state index contributed by atoms with van der Waals surface area (Å²) in [4.78, 5) is 42.4. The average Bonchev–Trinajstić information content (AvgIpc) is 3.14. The number of hydrogen-bond donors (Lipinski definition) is 6. The van der Waals surface area contributed by atoms with Gasteiger partial charge in [0.2, 0.25) is 5.95 Å². The van der Waals surface area contributed by atoms with Crippen LogP contribution in [0.5, 0.6) is 0 Å². The number of rotatable bonds is 10. The topological polar surface area (TPSA) is 194 Å². The summed E-state index contributed by atoms with van der Waals surface area (Å²) >= 11 is 0. The number of nitrogens with zero attached hydrogens (tertiary/aromatic N) is 2. The number of aromatic nitrogens is 2. The average molecular weight is 442 g/mol. The van der Waals surface area contributed by atoms with E-state index in [-0.39, 0.29) is 24.7 Å². The quantitative estimate of drug-likeness (QED) is 0.311. The zero-order chi connectivity index (χ0) is 23.3. The van der Waals surface area contributed by atoms with E-state index in [0.717, 1.165) is 36.9 Å². The summed E-state index contributed by atoms with van der Waals surface area (Å²) in [6.07, 6.45) is 2.03. The van der Waals surface area contributed by atoms with Gasteiger partial charge in [0.15, 0.2) is 0 Å². The molecular weight excluding hydrogens is 416 g/mol. The summed E-state index contributed by atoms with van der Waals surface area (Å²) < 4.78 is 0. The molecule has 0 radical (unpaired) electrons. The van der Waals surface area contributed by atoms with Crippen molar-refractivity contribution < 1.29 is 24.6 Å². The van der Waals surface area contributed by atoms with E-state index in [1.54, 1.807) is 12.1 Å². The van der Waals surface area contributed by atoms with Crippen molar-refractivity contribution in [2.45, 2.75) is 44.1 Å². The van der Waals surface area contributed by atoms with Crippen molar-refractivity contribution in [2.24, 2.45) is 0 Å². The van der Waals surface area contributed by atoms with E-state index in [1.807, 2.05) is 12.1 Å². The number of carboxylic acids is 2. The van der Waals surface area contributed by atoms with E-state index < -0.39 is 23.9 Å². The summed E-state index contributed by atoms with van der Waals surface area (Å²) in [6, 6.07) is 5.64. The molecule has 0 bridgehead atoms. The van der Waals surface area contributed by atoms with Crippen molar-refractivity contribution in [3.05, 3.63) is 41.0 Å². The van der Waals surface area contributed by atoms with Gasteiger partial charge in [0, 0.05) is 30.0 Å². The van der Waals surface area contributed by atoms with Gasteiger partial charge in [0.25, 0.3) is 5.91 Å². The molecule has 32 heavy (non-hydrogen) atoms. The molecule has 2 heterocycles. The molecule has 3 rings (SSSR count). The maximum absolute atomic E-state index is 12.3. The molecule has 1 aliphatic rings. The molecule has 11 heteroatoms. The van der Waals surface area contributed by atoms with Crippen molar-refractivity contribution in [3.8, 4) is 0 Å². The first-order valence-electron chi connectivity index (χ1n) is 10.3. The highest BCUT2D eigenvalue weighted by atomic mass is 16.4. The maximum Gasteiger partial charge on any atom is 0.326 e. The molecule has 1 unspecified atom stereocenters. The van der Waals surface area contributed by atoms with Crippen LogP contribution in [0, 0.1) is 0 Å². The summed E-state index contributed by atoms with van der Waals surface area (Å²) in [5.41, 5.74) is 13.9. The van der Waals surface area contributed by atoms with Crippen LogP contribution in [0.3, 0.4) is 0 Å². The van der Waals surface area contributed by atoms with Crippen LogP contribution < -0.4 is 22.1 Å². The van der Waals surface area contributed by atoms with Gasteiger partial charge in [-0.2, -0.15) is 9.97 Å². The lowest BCUT2D eigenvalue weighted by molar-refractivity contribution is -0.140. The van der Waals surface area contributed by atoms with Crippen LogP contribution in [0.15, 0.2) is 24.3 Å². The van der Waals surface area contributed by atoms with Gasteiger partial charge in [-0.25, -0.2) is 4.79 Å². The van der Waals surface area contributed by atoms with Crippen LogP contribution >= 0.6 is 0 Å². The number of aryl methyl sites for hydroxylation is 1. The van der Waals surface area contributed by atoms with E-state index in [2.05, 4.69) is 20.6 Å². The highest BCUT2D eigenvalue weighted by molar-refractivity contribution is 5.96. The van der Waals surface area contributed by atoms with Crippen LogP contribution in [-0.2, 0) is 16.0 Å². The number of nitrogens with two attached hydrogens (primary N) is 2. The molecule has 0 saturated heterocycles. The first-order chi connectivity index (χ1) is 15.2. The zero-order valence-electron chi connectivity index (χ0n) is 17.4. The zero-order valence-corrected chi connectivity index (χ0v) is 17.4. The fraction of sp³-hybridized carbons (Fsp3) is 0.381. The van der Waals surface area contributed by atoms with Gasteiger partial charge in [0.05, 0.1) is 0 Å². The van der Waals surface area contributed by atoms with E-state index in [9.17, 15) is 19.5 Å². The molecule has 170 valence electrons. The Morgan fingerprint density at radius 1 is 1.16 bits per heavy atom.